The van der Waals surface area contributed by atoms with Crippen LogP contribution in [0.4, 0.5) is 0 Å². The standard InChI is InChI=1S/C22H40N2O4/c1-2-3-4-13-16-20(25)23-18-15-12-10-8-6-5-7-9-11-14-17-21(26)24-19-22(27)28/h6,8H,2-5,7,9-19H2,1H3,(H,23,25)(H,24,26)(H,27,28)/b8-6-. The smallest absolute Gasteiger partial charge is 0.322 e. The van der Waals surface area contributed by atoms with Gasteiger partial charge in [-0.2, -0.15) is 0 Å². The molecule has 0 unspecified atom stereocenters. The van der Waals surface area contributed by atoms with Gasteiger partial charge in [0.05, 0.1) is 0 Å². The summed E-state index contributed by atoms with van der Waals surface area (Å²) in [6.45, 7) is 2.65. The molecule has 0 heterocycles. The molecule has 162 valence electrons. The SMILES string of the molecule is CCCCCCC(=O)NCCCC/C=C\CCCCCCC(=O)NCC(=O)O. The van der Waals surface area contributed by atoms with Crippen molar-refractivity contribution in [2.24, 2.45) is 0 Å². The van der Waals surface area contributed by atoms with Crippen LogP contribution >= 0.6 is 0 Å². The minimum absolute atomic E-state index is 0.185. The summed E-state index contributed by atoms with van der Waals surface area (Å²) < 4.78 is 0. The number of hydrogen-bond acceptors (Lipinski definition) is 3. The van der Waals surface area contributed by atoms with E-state index >= 15 is 0 Å². The monoisotopic (exact) mass is 396 g/mol. The third kappa shape index (κ3) is 20.5. The fraction of sp³-hybridized carbons (Fsp3) is 0.773. The van der Waals surface area contributed by atoms with Gasteiger partial charge in [0.25, 0.3) is 0 Å². The Morgan fingerprint density at radius 1 is 0.714 bits per heavy atom. The Morgan fingerprint density at radius 3 is 1.86 bits per heavy atom. The average molecular weight is 397 g/mol. The highest BCUT2D eigenvalue weighted by atomic mass is 16.4. The maximum atomic E-state index is 11.6. The summed E-state index contributed by atoms with van der Waals surface area (Å²) in [6, 6.07) is 0. The van der Waals surface area contributed by atoms with Gasteiger partial charge in [-0.05, 0) is 44.9 Å². The van der Waals surface area contributed by atoms with Crippen LogP contribution in [0.5, 0.6) is 0 Å². The summed E-state index contributed by atoms with van der Waals surface area (Å²) in [7, 11) is 0. The molecule has 0 atom stereocenters. The lowest BCUT2D eigenvalue weighted by Gasteiger charge is -2.04. The molecule has 2 amide bonds. The van der Waals surface area contributed by atoms with Gasteiger partial charge in [0.1, 0.15) is 6.54 Å². The molecule has 0 aromatic rings. The first kappa shape index (κ1) is 26.1. The molecule has 0 saturated heterocycles. The second-order valence-electron chi connectivity index (χ2n) is 7.25. The Balaban J connectivity index is 3.31. The molecular formula is C22H40N2O4. The predicted molar refractivity (Wildman–Crippen MR) is 113 cm³/mol. The first-order chi connectivity index (χ1) is 13.6. The molecule has 0 aliphatic rings. The number of rotatable bonds is 19. The van der Waals surface area contributed by atoms with Crippen molar-refractivity contribution in [3.63, 3.8) is 0 Å². The van der Waals surface area contributed by atoms with Crippen molar-refractivity contribution in [3.8, 4) is 0 Å². The molecule has 0 rings (SSSR count). The fourth-order valence-electron chi connectivity index (χ4n) is 2.82. The van der Waals surface area contributed by atoms with Crippen molar-refractivity contribution in [1.82, 2.24) is 10.6 Å². The van der Waals surface area contributed by atoms with Crippen LogP contribution in [0.15, 0.2) is 12.2 Å². The normalized spacial score (nSPS) is 10.9. The van der Waals surface area contributed by atoms with Gasteiger partial charge in [0, 0.05) is 19.4 Å². The van der Waals surface area contributed by atoms with Crippen LogP contribution in [0.1, 0.15) is 96.8 Å². The number of amides is 2. The minimum Gasteiger partial charge on any atom is -0.480 e. The van der Waals surface area contributed by atoms with Crippen LogP contribution in [-0.2, 0) is 14.4 Å². The van der Waals surface area contributed by atoms with E-state index in [0.29, 0.717) is 12.8 Å². The third-order valence-electron chi connectivity index (χ3n) is 4.51. The summed E-state index contributed by atoms with van der Waals surface area (Å²) in [5.41, 5.74) is 0. The van der Waals surface area contributed by atoms with E-state index in [0.717, 1.165) is 70.8 Å². The Hall–Kier alpha value is -1.85. The third-order valence-corrected chi connectivity index (χ3v) is 4.51. The quantitative estimate of drug-likeness (QED) is 0.223. The van der Waals surface area contributed by atoms with Crippen LogP contribution < -0.4 is 10.6 Å². The summed E-state index contributed by atoms with van der Waals surface area (Å²) >= 11 is 0. The van der Waals surface area contributed by atoms with E-state index in [1.165, 1.54) is 12.8 Å². The zero-order valence-electron chi connectivity index (χ0n) is 17.6. The van der Waals surface area contributed by atoms with E-state index in [4.69, 9.17) is 5.11 Å². The van der Waals surface area contributed by atoms with Crippen LogP contribution in [-0.4, -0.2) is 36.0 Å². The maximum Gasteiger partial charge on any atom is 0.322 e. The molecule has 0 aliphatic carbocycles. The van der Waals surface area contributed by atoms with Gasteiger partial charge < -0.3 is 15.7 Å². The number of carbonyl (C=O) groups is 3. The van der Waals surface area contributed by atoms with Crippen molar-refractivity contribution in [2.45, 2.75) is 96.8 Å². The number of aliphatic carboxylic acids is 1. The molecule has 0 aromatic heterocycles. The highest BCUT2D eigenvalue weighted by Gasteiger charge is 2.03. The molecule has 0 bridgehead atoms. The van der Waals surface area contributed by atoms with E-state index in [1.807, 2.05) is 0 Å². The topological polar surface area (TPSA) is 95.5 Å². The zero-order valence-corrected chi connectivity index (χ0v) is 17.6. The number of carbonyl (C=O) groups excluding carboxylic acids is 2. The highest BCUT2D eigenvalue weighted by molar-refractivity contribution is 5.80. The maximum absolute atomic E-state index is 11.6. The Morgan fingerprint density at radius 2 is 1.25 bits per heavy atom. The van der Waals surface area contributed by atoms with Crippen molar-refractivity contribution >= 4 is 17.8 Å². The Labute approximate surface area is 170 Å². The van der Waals surface area contributed by atoms with E-state index in [-0.39, 0.29) is 18.4 Å². The average Bonchev–Trinajstić information content (AvgIpc) is 2.67. The lowest BCUT2D eigenvalue weighted by atomic mass is 10.1. The van der Waals surface area contributed by atoms with Gasteiger partial charge >= 0.3 is 5.97 Å². The van der Waals surface area contributed by atoms with Crippen molar-refractivity contribution < 1.29 is 19.5 Å². The Kier molecular flexibility index (Phi) is 18.6. The fourth-order valence-corrected chi connectivity index (χ4v) is 2.82. The van der Waals surface area contributed by atoms with E-state index < -0.39 is 5.97 Å². The molecule has 0 aromatic carbocycles. The number of nitrogens with one attached hydrogen (secondary N) is 2. The molecule has 0 spiro atoms. The van der Waals surface area contributed by atoms with Gasteiger partial charge in [-0.25, -0.2) is 0 Å². The second-order valence-corrected chi connectivity index (χ2v) is 7.25. The Bertz CT molecular complexity index is 450. The van der Waals surface area contributed by atoms with Gasteiger partial charge in [0.15, 0.2) is 0 Å². The van der Waals surface area contributed by atoms with E-state index in [2.05, 4.69) is 29.7 Å². The summed E-state index contributed by atoms with van der Waals surface area (Å²) in [5, 5.41) is 13.8. The predicted octanol–water partition coefficient (Wildman–Crippen LogP) is 4.34. The largest absolute Gasteiger partial charge is 0.480 e. The van der Waals surface area contributed by atoms with Gasteiger partial charge in [-0.1, -0.05) is 51.2 Å². The molecule has 28 heavy (non-hydrogen) atoms. The molecule has 6 heteroatoms. The first-order valence-electron chi connectivity index (χ1n) is 11.0. The second kappa shape index (κ2) is 19.9. The van der Waals surface area contributed by atoms with E-state index in [1.54, 1.807) is 0 Å². The minimum atomic E-state index is -1.01. The molecule has 0 saturated carbocycles. The summed E-state index contributed by atoms with van der Waals surface area (Å²) in [5.74, 6) is -1.01. The molecule has 0 radical (unpaired) electrons. The molecule has 0 aliphatic heterocycles. The zero-order chi connectivity index (χ0) is 20.9. The molecule has 3 N–H and O–H groups in total. The van der Waals surface area contributed by atoms with Crippen molar-refractivity contribution in [1.29, 1.82) is 0 Å². The van der Waals surface area contributed by atoms with Crippen LogP contribution in [0.25, 0.3) is 0 Å². The molecule has 6 nitrogen and oxygen atoms in total. The number of unbranched alkanes of at least 4 members (excludes halogenated alkanes) is 9. The van der Waals surface area contributed by atoms with E-state index in [9.17, 15) is 14.4 Å². The van der Waals surface area contributed by atoms with Gasteiger partial charge in [-0.15, -0.1) is 0 Å². The summed E-state index contributed by atoms with van der Waals surface area (Å²) in [4.78, 5) is 33.3. The highest BCUT2D eigenvalue weighted by Crippen LogP contribution is 2.07. The number of hydrogen-bond donors (Lipinski definition) is 3. The number of carboxylic acids is 1. The molecular weight excluding hydrogens is 356 g/mol. The van der Waals surface area contributed by atoms with Crippen molar-refractivity contribution in [3.05, 3.63) is 12.2 Å². The molecule has 0 fully saturated rings. The number of allylic oxidation sites excluding steroid dienone is 2. The van der Waals surface area contributed by atoms with Gasteiger partial charge in [0.2, 0.25) is 11.8 Å². The van der Waals surface area contributed by atoms with Crippen LogP contribution in [0.2, 0.25) is 0 Å². The van der Waals surface area contributed by atoms with Crippen LogP contribution in [0, 0.1) is 0 Å². The lowest BCUT2D eigenvalue weighted by molar-refractivity contribution is -0.138. The summed E-state index contributed by atoms with van der Waals surface area (Å²) in [6.07, 6.45) is 18.3. The van der Waals surface area contributed by atoms with Crippen LogP contribution in [0.3, 0.4) is 0 Å². The number of carboxylic acid groups (broad SMARTS) is 1. The lowest BCUT2D eigenvalue weighted by Crippen LogP contribution is -2.28. The first-order valence-corrected chi connectivity index (χ1v) is 11.0. The van der Waals surface area contributed by atoms with Gasteiger partial charge in [-0.3, -0.25) is 14.4 Å². The van der Waals surface area contributed by atoms with Crippen molar-refractivity contribution in [2.75, 3.05) is 13.1 Å².